The summed E-state index contributed by atoms with van der Waals surface area (Å²) in [5.41, 5.74) is 3.86. The summed E-state index contributed by atoms with van der Waals surface area (Å²) in [6, 6.07) is 13.2. The molecule has 0 unspecified atom stereocenters. The molecule has 2 aromatic carbocycles. The third-order valence-corrected chi connectivity index (χ3v) is 5.57. The summed E-state index contributed by atoms with van der Waals surface area (Å²) < 4.78 is 6.72. The van der Waals surface area contributed by atoms with E-state index >= 15 is 0 Å². The van der Waals surface area contributed by atoms with Crippen molar-refractivity contribution in [2.75, 3.05) is 18.6 Å². The second-order valence-corrected chi connectivity index (χ2v) is 7.60. The van der Waals surface area contributed by atoms with Crippen molar-refractivity contribution in [3.8, 4) is 11.4 Å². The summed E-state index contributed by atoms with van der Waals surface area (Å²) in [6.45, 7) is 4.56. The summed E-state index contributed by atoms with van der Waals surface area (Å²) in [7, 11) is 1.60. The Morgan fingerprint density at radius 2 is 1.87 bits per heavy atom. The number of hydrogen-bond donors (Lipinski definition) is 1. The van der Waals surface area contributed by atoms with Crippen molar-refractivity contribution in [2.45, 2.75) is 26.8 Å². The fourth-order valence-electron chi connectivity index (χ4n) is 3.58. The fraction of sp³-hybridized carbons (Fsp3) is 0.318. The molecule has 2 heterocycles. The molecule has 1 N–H and O–H groups in total. The van der Waals surface area contributed by atoms with E-state index in [0.717, 1.165) is 22.7 Å². The van der Waals surface area contributed by atoms with E-state index in [0.29, 0.717) is 12.4 Å². The molecule has 1 aromatic heterocycles. The highest BCUT2D eigenvalue weighted by molar-refractivity contribution is 6.00. The SMILES string of the molecule is COc1ccc(-n2nnnc2CNC(=O)[C@@H]2CC(=O)N(c3ccc(C)c(C)c3)C2)cc1. The van der Waals surface area contributed by atoms with E-state index < -0.39 is 5.92 Å². The predicted octanol–water partition coefficient (Wildman–Crippen LogP) is 1.96. The molecule has 0 aliphatic carbocycles. The average molecular weight is 420 g/mol. The summed E-state index contributed by atoms with van der Waals surface area (Å²) in [4.78, 5) is 26.9. The monoisotopic (exact) mass is 420 g/mol. The lowest BCUT2D eigenvalue weighted by Crippen LogP contribution is -2.33. The van der Waals surface area contributed by atoms with E-state index in [1.165, 1.54) is 5.56 Å². The number of amides is 2. The molecule has 1 atom stereocenters. The number of tetrazole rings is 1. The minimum absolute atomic E-state index is 0.0496. The molecule has 3 aromatic rings. The maximum atomic E-state index is 12.7. The predicted molar refractivity (Wildman–Crippen MR) is 114 cm³/mol. The third kappa shape index (κ3) is 4.25. The zero-order chi connectivity index (χ0) is 22.0. The minimum Gasteiger partial charge on any atom is -0.497 e. The van der Waals surface area contributed by atoms with Crippen LogP contribution in [0, 0.1) is 19.8 Å². The first kappa shape index (κ1) is 20.5. The number of aromatic nitrogens is 4. The molecule has 9 nitrogen and oxygen atoms in total. The van der Waals surface area contributed by atoms with Gasteiger partial charge in [0.05, 0.1) is 25.3 Å². The van der Waals surface area contributed by atoms with Gasteiger partial charge < -0.3 is 15.0 Å². The number of methoxy groups -OCH3 is 1. The highest BCUT2D eigenvalue weighted by Gasteiger charge is 2.35. The van der Waals surface area contributed by atoms with Crippen molar-refractivity contribution >= 4 is 17.5 Å². The molecular formula is C22H24N6O3. The Balaban J connectivity index is 1.40. The van der Waals surface area contributed by atoms with Gasteiger partial charge in [0, 0.05) is 18.7 Å². The first-order valence-corrected chi connectivity index (χ1v) is 10.0. The van der Waals surface area contributed by atoms with Crippen LogP contribution in [0.5, 0.6) is 5.75 Å². The van der Waals surface area contributed by atoms with Crippen LogP contribution in [-0.4, -0.2) is 45.7 Å². The summed E-state index contributed by atoms with van der Waals surface area (Å²) in [6.07, 6.45) is 0.183. The molecule has 1 aliphatic heterocycles. The number of rotatable bonds is 6. The Kier molecular flexibility index (Phi) is 5.66. The number of hydrogen-bond acceptors (Lipinski definition) is 6. The number of benzene rings is 2. The maximum Gasteiger partial charge on any atom is 0.227 e. The largest absolute Gasteiger partial charge is 0.497 e. The van der Waals surface area contributed by atoms with Crippen LogP contribution in [0.1, 0.15) is 23.4 Å². The van der Waals surface area contributed by atoms with Crippen LogP contribution in [-0.2, 0) is 16.1 Å². The van der Waals surface area contributed by atoms with Crippen molar-refractivity contribution < 1.29 is 14.3 Å². The highest BCUT2D eigenvalue weighted by atomic mass is 16.5. The highest BCUT2D eigenvalue weighted by Crippen LogP contribution is 2.27. The van der Waals surface area contributed by atoms with E-state index in [4.69, 9.17) is 4.74 Å². The first-order chi connectivity index (χ1) is 15.0. The smallest absolute Gasteiger partial charge is 0.227 e. The topological polar surface area (TPSA) is 102 Å². The van der Waals surface area contributed by atoms with E-state index in [-0.39, 0.29) is 24.8 Å². The Bertz CT molecular complexity index is 1110. The Hall–Kier alpha value is -3.75. The number of ether oxygens (including phenoxy) is 1. The van der Waals surface area contributed by atoms with Gasteiger partial charge in [0.2, 0.25) is 11.8 Å². The minimum atomic E-state index is -0.417. The Morgan fingerprint density at radius 3 is 2.58 bits per heavy atom. The molecule has 160 valence electrons. The molecule has 1 saturated heterocycles. The number of carbonyl (C=O) groups excluding carboxylic acids is 2. The lowest BCUT2D eigenvalue weighted by atomic mass is 10.1. The van der Waals surface area contributed by atoms with Gasteiger partial charge in [-0.15, -0.1) is 5.10 Å². The molecule has 1 fully saturated rings. The van der Waals surface area contributed by atoms with Crippen LogP contribution < -0.4 is 15.0 Å². The van der Waals surface area contributed by atoms with Crippen LogP contribution in [0.3, 0.4) is 0 Å². The number of nitrogens with zero attached hydrogens (tertiary/aromatic N) is 5. The number of aryl methyl sites for hydroxylation is 2. The zero-order valence-electron chi connectivity index (χ0n) is 17.7. The van der Waals surface area contributed by atoms with Crippen LogP contribution in [0.25, 0.3) is 5.69 Å². The lowest BCUT2D eigenvalue weighted by molar-refractivity contribution is -0.126. The molecule has 9 heteroatoms. The number of anilines is 1. The molecule has 0 bridgehead atoms. The van der Waals surface area contributed by atoms with Gasteiger partial charge in [-0.25, -0.2) is 0 Å². The third-order valence-electron chi connectivity index (χ3n) is 5.57. The molecule has 31 heavy (non-hydrogen) atoms. The molecule has 0 radical (unpaired) electrons. The van der Waals surface area contributed by atoms with E-state index in [9.17, 15) is 9.59 Å². The van der Waals surface area contributed by atoms with Gasteiger partial charge in [-0.1, -0.05) is 6.07 Å². The van der Waals surface area contributed by atoms with Crippen molar-refractivity contribution in [3.63, 3.8) is 0 Å². The van der Waals surface area contributed by atoms with Gasteiger partial charge >= 0.3 is 0 Å². The Morgan fingerprint density at radius 1 is 1.13 bits per heavy atom. The van der Waals surface area contributed by atoms with Crippen LogP contribution in [0.15, 0.2) is 42.5 Å². The summed E-state index contributed by atoms with van der Waals surface area (Å²) in [5.74, 6) is 0.564. The van der Waals surface area contributed by atoms with E-state index in [1.54, 1.807) is 16.7 Å². The first-order valence-electron chi connectivity index (χ1n) is 10.0. The normalized spacial score (nSPS) is 15.9. The summed E-state index contributed by atoms with van der Waals surface area (Å²) in [5, 5.41) is 14.6. The second kappa shape index (κ2) is 8.55. The summed E-state index contributed by atoms with van der Waals surface area (Å²) >= 11 is 0. The van der Waals surface area contributed by atoms with Gasteiger partial charge in [-0.2, -0.15) is 4.68 Å². The lowest BCUT2D eigenvalue weighted by Gasteiger charge is -2.18. The number of nitrogens with one attached hydrogen (secondary N) is 1. The second-order valence-electron chi connectivity index (χ2n) is 7.60. The zero-order valence-corrected chi connectivity index (χ0v) is 17.7. The average Bonchev–Trinajstić information content (AvgIpc) is 3.41. The Labute approximate surface area is 180 Å². The van der Waals surface area contributed by atoms with Crippen molar-refractivity contribution in [3.05, 3.63) is 59.4 Å². The standard InChI is InChI=1S/C22H24N6O3/c1-14-4-5-18(10-15(14)2)27-13-16(11-21(27)29)22(30)23-12-20-24-25-26-28(20)17-6-8-19(31-3)9-7-17/h4-10,16H,11-13H2,1-3H3,(H,23,30)/t16-/m1/s1. The van der Waals surface area contributed by atoms with E-state index in [2.05, 4.69) is 20.8 Å². The molecule has 1 aliphatic rings. The van der Waals surface area contributed by atoms with Crippen molar-refractivity contribution in [1.29, 1.82) is 0 Å². The number of carbonyl (C=O) groups is 2. The van der Waals surface area contributed by atoms with Crippen LogP contribution in [0.2, 0.25) is 0 Å². The van der Waals surface area contributed by atoms with Crippen LogP contribution >= 0.6 is 0 Å². The molecule has 0 spiro atoms. The van der Waals surface area contributed by atoms with Gasteiger partial charge in [0.1, 0.15) is 5.75 Å². The maximum absolute atomic E-state index is 12.7. The molecule has 2 amide bonds. The van der Waals surface area contributed by atoms with Crippen molar-refractivity contribution in [1.82, 2.24) is 25.5 Å². The fourth-order valence-corrected chi connectivity index (χ4v) is 3.58. The van der Waals surface area contributed by atoms with Gasteiger partial charge in [0.25, 0.3) is 0 Å². The van der Waals surface area contributed by atoms with Gasteiger partial charge in [0.15, 0.2) is 5.82 Å². The van der Waals surface area contributed by atoms with Crippen molar-refractivity contribution in [2.24, 2.45) is 5.92 Å². The molecule has 0 saturated carbocycles. The van der Waals surface area contributed by atoms with E-state index in [1.807, 2.05) is 56.3 Å². The van der Waals surface area contributed by atoms with Crippen LogP contribution in [0.4, 0.5) is 5.69 Å². The van der Waals surface area contributed by atoms with Gasteiger partial charge in [-0.05, 0) is 71.8 Å². The molecular weight excluding hydrogens is 396 g/mol. The van der Waals surface area contributed by atoms with Gasteiger partial charge in [-0.3, -0.25) is 9.59 Å². The quantitative estimate of drug-likeness (QED) is 0.654. The molecule has 4 rings (SSSR count).